The average Bonchev–Trinajstić information content (AvgIpc) is 3.01. The summed E-state index contributed by atoms with van der Waals surface area (Å²) >= 11 is 12.4. The van der Waals surface area contributed by atoms with Crippen molar-refractivity contribution in [1.29, 1.82) is 0 Å². The molecule has 1 heterocycles. The zero-order chi connectivity index (χ0) is 18.8. The zero-order valence-electron chi connectivity index (χ0n) is 14.2. The van der Waals surface area contributed by atoms with E-state index in [0.29, 0.717) is 32.2 Å². The number of halogens is 2. The second-order valence-corrected chi connectivity index (χ2v) is 6.45. The maximum atomic E-state index is 12.9. The van der Waals surface area contributed by atoms with Gasteiger partial charge in [0, 0.05) is 23.0 Å². The molecule has 1 N–H and O–H groups in total. The van der Waals surface area contributed by atoms with Crippen LogP contribution in [-0.2, 0) is 4.74 Å². The number of aromatic amines is 1. The lowest BCUT2D eigenvalue weighted by atomic mass is 10.1. The van der Waals surface area contributed by atoms with Gasteiger partial charge in [-0.05, 0) is 31.2 Å². The summed E-state index contributed by atoms with van der Waals surface area (Å²) in [5.41, 5.74) is 1.55. The van der Waals surface area contributed by atoms with E-state index in [9.17, 15) is 9.59 Å². The number of fused-ring (bicyclic) bond motifs is 1. The number of H-pyrrole nitrogens is 1. The third-order valence-electron chi connectivity index (χ3n) is 3.93. The molecule has 26 heavy (non-hydrogen) atoms. The Morgan fingerprint density at radius 2 is 1.85 bits per heavy atom. The maximum Gasteiger partial charge on any atom is 0.356 e. The van der Waals surface area contributed by atoms with Gasteiger partial charge in [0.15, 0.2) is 0 Å². The standard InChI is InChI=1S/C19H16Cl2N2O3/c1-3-26-19(25)16-17(15-13(21)9-12(20)10-14(15)22-16)23(2)18(24)11-7-5-4-6-8-11/h4-10,22H,3H2,1-2H3. The van der Waals surface area contributed by atoms with E-state index in [4.69, 9.17) is 27.9 Å². The van der Waals surface area contributed by atoms with E-state index in [2.05, 4.69) is 4.98 Å². The van der Waals surface area contributed by atoms with Crippen LogP contribution >= 0.6 is 23.2 Å². The highest BCUT2D eigenvalue weighted by atomic mass is 35.5. The van der Waals surface area contributed by atoms with Gasteiger partial charge in [0.25, 0.3) is 5.91 Å². The van der Waals surface area contributed by atoms with Crippen LogP contribution in [0.2, 0.25) is 10.0 Å². The fourth-order valence-electron chi connectivity index (χ4n) is 2.79. The van der Waals surface area contributed by atoms with Gasteiger partial charge >= 0.3 is 5.97 Å². The molecule has 0 aliphatic carbocycles. The molecule has 1 aromatic heterocycles. The number of amides is 1. The fraction of sp³-hybridized carbons (Fsp3) is 0.158. The highest BCUT2D eigenvalue weighted by molar-refractivity contribution is 6.40. The van der Waals surface area contributed by atoms with E-state index >= 15 is 0 Å². The van der Waals surface area contributed by atoms with E-state index < -0.39 is 5.97 Å². The summed E-state index contributed by atoms with van der Waals surface area (Å²) in [4.78, 5) is 29.7. The van der Waals surface area contributed by atoms with Gasteiger partial charge in [0.2, 0.25) is 0 Å². The number of hydrogen-bond acceptors (Lipinski definition) is 3. The maximum absolute atomic E-state index is 12.9. The molecule has 5 nitrogen and oxygen atoms in total. The van der Waals surface area contributed by atoms with Crippen molar-refractivity contribution in [2.45, 2.75) is 6.92 Å². The second-order valence-electron chi connectivity index (χ2n) is 5.61. The van der Waals surface area contributed by atoms with Crippen molar-refractivity contribution in [3.05, 3.63) is 63.8 Å². The predicted octanol–water partition coefficient (Wildman–Crippen LogP) is 4.93. The molecule has 0 atom stereocenters. The number of nitrogens with zero attached hydrogens (tertiary/aromatic N) is 1. The number of carbonyl (C=O) groups excluding carboxylic acids is 2. The minimum Gasteiger partial charge on any atom is -0.461 e. The van der Waals surface area contributed by atoms with Crippen molar-refractivity contribution in [3.8, 4) is 0 Å². The summed E-state index contributed by atoms with van der Waals surface area (Å²) in [6.45, 7) is 1.92. The first kappa shape index (κ1) is 18.3. The third-order valence-corrected chi connectivity index (χ3v) is 4.44. The first-order chi connectivity index (χ1) is 12.4. The van der Waals surface area contributed by atoms with Crippen molar-refractivity contribution < 1.29 is 14.3 Å². The molecule has 2 aromatic carbocycles. The Morgan fingerprint density at radius 3 is 2.50 bits per heavy atom. The van der Waals surface area contributed by atoms with Crippen molar-refractivity contribution in [2.24, 2.45) is 0 Å². The Labute approximate surface area is 160 Å². The van der Waals surface area contributed by atoms with Crippen LogP contribution in [0.5, 0.6) is 0 Å². The van der Waals surface area contributed by atoms with E-state index in [1.54, 1.807) is 50.4 Å². The van der Waals surface area contributed by atoms with Crippen molar-refractivity contribution >= 4 is 51.7 Å². The molecule has 0 spiro atoms. The molecule has 0 unspecified atom stereocenters. The number of aromatic nitrogens is 1. The molecule has 3 aromatic rings. The third kappa shape index (κ3) is 3.28. The summed E-state index contributed by atoms with van der Waals surface area (Å²) in [6.07, 6.45) is 0. The number of ether oxygens (including phenoxy) is 1. The number of hydrogen-bond donors (Lipinski definition) is 1. The Morgan fingerprint density at radius 1 is 1.15 bits per heavy atom. The largest absolute Gasteiger partial charge is 0.461 e. The highest BCUT2D eigenvalue weighted by Gasteiger charge is 2.27. The number of carbonyl (C=O) groups is 2. The van der Waals surface area contributed by atoms with Gasteiger partial charge in [-0.1, -0.05) is 41.4 Å². The molecule has 1 amide bonds. The van der Waals surface area contributed by atoms with Crippen LogP contribution in [0.4, 0.5) is 5.69 Å². The van der Waals surface area contributed by atoms with E-state index in [1.807, 2.05) is 6.07 Å². The Kier molecular flexibility index (Phi) is 5.20. The second kappa shape index (κ2) is 7.40. The lowest BCUT2D eigenvalue weighted by Gasteiger charge is -2.18. The van der Waals surface area contributed by atoms with E-state index in [0.717, 1.165) is 0 Å². The molecule has 134 valence electrons. The first-order valence-corrected chi connectivity index (χ1v) is 8.70. The van der Waals surface area contributed by atoms with Crippen molar-refractivity contribution in [2.75, 3.05) is 18.6 Å². The summed E-state index contributed by atoms with van der Waals surface area (Å²) in [6, 6.07) is 12.0. The molecule has 3 rings (SSSR count). The minimum absolute atomic E-state index is 0.151. The molecule has 7 heteroatoms. The van der Waals surface area contributed by atoms with E-state index in [-0.39, 0.29) is 18.2 Å². The van der Waals surface area contributed by atoms with Gasteiger partial charge < -0.3 is 14.6 Å². The minimum atomic E-state index is -0.571. The van der Waals surface area contributed by atoms with Gasteiger partial charge in [-0.2, -0.15) is 0 Å². The number of benzene rings is 2. The molecule has 0 fully saturated rings. The first-order valence-electron chi connectivity index (χ1n) is 7.95. The summed E-state index contributed by atoms with van der Waals surface area (Å²) in [5, 5.41) is 1.29. The molecule has 0 aliphatic rings. The Hall–Kier alpha value is -2.50. The quantitative estimate of drug-likeness (QED) is 0.642. The summed E-state index contributed by atoms with van der Waals surface area (Å²) in [5.74, 6) is -0.846. The van der Waals surface area contributed by atoms with Crippen LogP contribution in [0, 0.1) is 0 Å². The summed E-state index contributed by atoms with van der Waals surface area (Å²) < 4.78 is 5.12. The van der Waals surface area contributed by atoms with Crippen LogP contribution in [0.3, 0.4) is 0 Å². The molecular formula is C19H16Cl2N2O3. The van der Waals surface area contributed by atoms with Crippen LogP contribution in [0.1, 0.15) is 27.8 Å². The van der Waals surface area contributed by atoms with Crippen LogP contribution in [0.25, 0.3) is 10.9 Å². The Bertz CT molecular complexity index is 983. The van der Waals surface area contributed by atoms with Crippen LogP contribution < -0.4 is 4.90 Å². The molecule has 0 radical (unpaired) electrons. The van der Waals surface area contributed by atoms with E-state index in [1.165, 1.54) is 4.90 Å². The molecule has 0 saturated heterocycles. The molecular weight excluding hydrogens is 375 g/mol. The number of nitrogens with one attached hydrogen (secondary N) is 1. The van der Waals surface area contributed by atoms with Gasteiger partial charge in [-0.15, -0.1) is 0 Å². The number of esters is 1. The topological polar surface area (TPSA) is 62.4 Å². The number of rotatable bonds is 4. The van der Waals surface area contributed by atoms with Gasteiger partial charge in [0.05, 0.1) is 22.8 Å². The molecule has 0 saturated carbocycles. The van der Waals surface area contributed by atoms with Crippen LogP contribution in [-0.4, -0.2) is 30.5 Å². The van der Waals surface area contributed by atoms with Crippen molar-refractivity contribution in [1.82, 2.24) is 4.98 Å². The zero-order valence-corrected chi connectivity index (χ0v) is 15.7. The van der Waals surface area contributed by atoms with Gasteiger partial charge in [-0.25, -0.2) is 4.79 Å². The lowest BCUT2D eigenvalue weighted by Crippen LogP contribution is -2.27. The molecule has 0 bridgehead atoms. The predicted molar refractivity (Wildman–Crippen MR) is 103 cm³/mol. The van der Waals surface area contributed by atoms with Crippen LogP contribution in [0.15, 0.2) is 42.5 Å². The summed E-state index contributed by atoms with van der Waals surface area (Å²) in [7, 11) is 1.59. The Balaban J connectivity index is 2.20. The monoisotopic (exact) mass is 390 g/mol. The smallest absolute Gasteiger partial charge is 0.356 e. The fourth-order valence-corrected chi connectivity index (χ4v) is 3.38. The average molecular weight is 391 g/mol. The lowest BCUT2D eigenvalue weighted by molar-refractivity contribution is 0.0521. The van der Waals surface area contributed by atoms with Gasteiger partial charge in [-0.3, -0.25) is 4.79 Å². The normalized spacial score (nSPS) is 10.8. The number of anilines is 1. The molecule has 0 aliphatic heterocycles. The van der Waals surface area contributed by atoms with Crippen molar-refractivity contribution in [3.63, 3.8) is 0 Å². The van der Waals surface area contributed by atoms with Gasteiger partial charge in [0.1, 0.15) is 5.69 Å². The highest BCUT2D eigenvalue weighted by Crippen LogP contribution is 2.38. The SMILES string of the molecule is CCOC(=O)c1[nH]c2cc(Cl)cc(Cl)c2c1N(C)C(=O)c1ccccc1.